The van der Waals surface area contributed by atoms with Crippen LogP contribution in [0.25, 0.3) is 0 Å². The summed E-state index contributed by atoms with van der Waals surface area (Å²) in [6.45, 7) is 1.43. The lowest BCUT2D eigenvalue weighted by Gasteiger charge is -2.35. The molecular weight excluding hydrogens is 601 g/mol. The van der Waals surface area contributed by atoms with Crippen LogP contribution in [0.4, 0.5) is 10.1 Å². The van der Waals surface area contributed by atoms with Crippen LogP contribution in [-0.4, -0.2) is 43.8 Å². The first-order valence-corrected chi connectivity index (χ1v) is 17.2. The lowest BCUT2D eigenvalue weighted by Crippen LogP contribution is -2.55. The van der Waals surface area contributed by atoms with Gasteiger partial charge in [0.15, 0.2) is 0 Å². The molecule has 1 N–H and O–H groups in total. The van der Waals surface area contributed by atoms with Crippen molar-refractivity contribution in [2.75, 3.05) is 10.8 Å². The highest BCUT2D eigenvalue weighted by molar-refractivity contribution is 7.92. The van der Waals surface area contributed by atoms with Crippen molar-refractivity contribution in [3.63, 3.8) is 0 Å². The van der Waals surface area contributed by atoms with Crippen LogP contribution in [0.15, 0.2) is 114 Å². The SMILES string of the molecule is Cc1ccc(N(CC(=O)N(Cc2ccccc2)[C@@H](Cc2ccccc2)C(=O)NC2CCCCC2)S(=O)(=O)c2ccc(F)cc2)cc1. The lowest BCUT2D eigenvalue weighted by atomic mass is 9.94. The quantitative estimate of drug-likeness (QED) is 0.194. The Labute approximate surface area is 271 Å². The summed E-state index contributed by atoms with van der Waals surface area (Å²) in [5.41, 5.74) is 2.89. The van der Waals surface area contributed by atoms with Gasteiger partial charge in [0.1, 0.15) is 18.4 Å². The van der Waals surface area contributed by atoms with E-state index in [1.54, 1.807) is 24.3 Å². The molecule has 0 aromatic heterocycles. The second-order valence-corrected chi connectivity index (χ2v) is 13.7. The van der Waals surface area contributed by atoms with Gasteiger partial charge in [-0.3, -0.25) is 13.9 Å². The predicted octanol–water partition coefficient (Wildman–Crippen LogP) is 6.42. The highest BCUT2D eigenvalue weighted by Gasteiger charge is 2.35. The molecule has 1 atom stereocenters. The highest BCUT2D eigenvalue weighted by Crippen LogP contribution is 2.26. The first kappa shape index (κ1) is 32.9. The predicted molar refractivity (Wildman–Crippen MR) is 178 cm³/mol. The molecule has 240 valence electrons. The van der Waals surface area contributed by atoms with Crippen molar-refractivity contribution in [3.8, 4) is 0 Å². The second-order valence-electron chi connectivity index (χ2n) is 11.9. The highest BCUT2D eigenvalue weighted by atomic mass is 32.2. The van der Waals surface area contributed by atoms with Crippen LogP contribution in [0.3, 0.4) is 0 Å². The van der Waals surface area contributed by atoms with Gasteiger partial charge in [0.2, 0.25) is 11.8 Å². The van der Waals surface area contributed by atoms with Crippen LogP contribution in [0.5, 0.6) is 0 Å². The van der Waals surface area contributed by atoms with Crippen molar-refractivity contribution in [1.82, 2.24) is 10.2 Å². The zero-order valence-electron chi connectivity index (χ0n) is 26.0. The molecule has 0 aliphatic heterocycles. The number of hydrogen-bond acceptors (Lipinski definition) is 4. The van der Waals surface area contributed by atoms with Gasteiger partial charge in [-0.25, -0.2) is 12.8 Å². The van der Waals surface area contributed by atoms with E-state index >= 15 is 0 Å². The molecule has 0 bridgehead atoms. The van der Waals surface area contributed by atoms with Gasteiger partial charge in [-0.15, -0.1) is 0 Å². The molecule has 4 aromatic carbocycles. The number of benzene rings is 4. The van der Waals surface area contributed by atoms with Gasteiger partial charge in [-0.2, -0.15) is 0 Å². The van der Waals surface area contributed by atoms with Gasteiger partial charge in [-0.05, 0) is 67.3 Å². The fourth-order valence-corrected chi connectivity index (χ4v) is 7.27. The van der Waals surface area contributed by atoms with Crippen LogP contribution in [0.2, 0.25) is 0 Å². The van der Waals surface area contributed by atoms with E-state index in [-0.39, 0.29) is 35.5 Å². The second kappa shape index (κ2) is 15.2. The van der Waals surface area contributed by atoms with E-state index in [2.05, 4.69) is 5.32 Å². The van der Waals surface area contributed by atoms with Crippen LogP contribution < -0.4 is 9.62 Å². The Bertz CT molecular complexity index is 1690. The summed E-state index contributed by atoms with van der Waals surface area (Å²) in [6.07, 6.45) is 5.23. The first-order valence-electron chi connectivity index (χ1n) is 15.7. The molecule has 0 saturated heterocycles. The topological polar surface area (TPSA) is 86.8 Å². The molecule has 0 heterocycles. The van der Waals surface area contributed by atoms with Crippen molar-refractivity contribution < 1.29 is 22.4 Å². The normalized spacial score (nSPS) is 14.3. The molecule has 9 heteroatoms. The summed E-state index contributed by atoms with van der Waals surface area (Å²) >= 11 is 0. The maximum atomic E-state index is 14.5. The van der Waals surface area contributed by atoms with E-state index in [0.717, 1.165) is 65.2 Å². The van der Waals surface area contributed by atoms with Crippen LogP contribution in [0, 0.1) is 12.7 Å². The van der Waals surface area contributed by atoms with Gasteiger partial charge in [0.25, 0.3) is 10.0 Å². The molecule has 0 unspecified atom stereocenters. The summed E-state index contributed by atoms with van der Waals surface area (Å²) < 4.78 is 42.9. The van der Waals surface area contributed by atoms with E-state index in [1.807, 2.05) is 67.6 Å². The van der Waals surface area contributed by atoms with Crippen molar-refractivity contribution in [2.24, 2.45) is 0 Å². The molecule has 7 nitrogen and oxygen atoms in total. The molecule has 1 fully saturated rings. The lowest BCUT2D eigenvalue weighted by molar-refractivity contribution is -0.140. The third kappa shape index (κ3) is 8.40. The standard InChI is InChI=1S/C37H40FN3O4S/c1-28-17-21-33(22-18-28)41(46(44,45)34-23-19-31(38)20-24-34)27-36(42)40(26-30-13-7-3-8-14-30)35(25-29-11-5-2-6-12-29)37(43)39-32-15-9-4-10-16-32/h2-3,5-8,11-14,17-24,32,35H,4,9-10,15-16,25-27H2,1H3,(H,39,43)/t35-/m0/s1. The maximum Gasteiger partial charge on any atom is 0.264 e. The number of hydrogen-bond donors (Lipinski definition) is 1. The number of sulfonamides is 1. The third-order valence-corrected chi connectivity index (χ3v) is 10.2. The fraction of sp³-hybridized carbons (Fsp3) is 0.297. The maximum absolute atomic E-state index is 14.5. The van der Waals surface area contributed by atoms with E-state index in [4.69, 9.17) is 0 Å². The number of nitrogens with one attached hydrogen (secondary N) is 1. The van der Waals surface area contributed by atoms with Gasteiger partial charge < -0.3 is 10.2 Å². The summed E-state index contributed by atoms with van der Waals surface area (Å²) in [4.78, 5) is 30.0. The minimum atomic E-state index is -4.29. The Balaban J connectivity index is 1.54. The van der Waals surface area contributed by atoms with Gasteiger partial charge in [0.05, 0.1) is 10.6 Å². The smallest absolute Gasteiger partial charge is 0.264 e. The summed E-state index contributed by atoms with van der Waals surface area (Å²) in [6, 6.07) is 29.4. The van der Waals surface area contributed by atoms with E-state index in [9.17, 15) is 22.4 Å². The third-order valence-electron chi connectivity index (χ3n) is 8.42. The fourth-order valence-electron chi connectivity index (χ4n) is 5.85. The zero-order chi connectivity index (χ0) is 32.5. The molecule has 1 saturated carbocycles. The Morgan fingerprint density at radius 3 is 2.00 bits per heavy atom. The minimum Gasteiger partial charge on any atom is -0.352 e. The van der Waals surface area contributed by atoms with Gasteiger partial charge in [0, 0.05) is 19.0 Å². The van der Waals surface area contributed by atoms with Gasteiger partial charge >= 0.3 is 0 Å². The number of aryl methyl sites for hydroxylation is 1. The molecule has 46 heavy (non-hydrogen) atoms. The Hall–Kier alpha value is -4.50. The number of anilines is 1. The zero-order valence-corrected chi connectivity index (χ0v) is 26.8. The van der Waals surface area contributed by atoms with Gasteiger partial charge in [-0.1, -0.05) is 97.6 Å². The molecule has 1 aliphatic carbocycles. The molecular formula is C37H40FN3O4S. The van der Waals surface area contributed by atoms with Crippen molar-refractivity contribution >= 4 is 27.5 Å². The summed E-state index contributed by atoms with van der Waals surface area (Å²) in [7, 11) is -4.29. The first-order chi connectivity index (χ1) is 22.2. The number of rotatable bonds is 12. The number of nitrogens with zero attached hydrogens (tertiary/aromatic N) is 2. The monoisotopic (exact) mass is 641 g/mol. The van der Waals surface area contributed by atoms with E-state index in [0.29, 0.717) is 0 Å². The summed E-state index contributed by atoms with van der Waals surface area (Å²) in [5.74, 6) is -1.36. The van der Waals surface area contributed by atoms with Crippen LogP contribution >= 0.6 is 0 Å². The van der Waals surface area contributed by atoms with E-state index in [1.165, 1.54) is 17.0 Å². The molecule has 4 aromatic rings. The molecule has 2 amide bonds. The van der Waals surface area contributed by atoms with Crippen molar-refractivity contribution in [1.29, 1.82) is 0 Å². The Morgan fingerprint density at radius 1 is 0.804 bits per heavy atom. The minimum absolute atomic E-state index is 0.0242. The Morgan fingerprint density at radius 2 is 1.39 bits per heavy atom. The molecule has 1 aliphatic rings. The number of carbonyl (C=O) groups excluding carboxylic acids is 2. The van der Waals surface area contributed by atoms with E-state index < -0.39 is 34.3 Å². The largest absolute Gasteiger partial charge is 0.352 e. The van der Waals surface area contributed by atoms with Crippen LogP contribution in [0.1, 0.15) is 48.8 Å². The number of halogens is 1. The Kier molecular flexibility index (Phi) is 10.9. The van der Waals surface area contributed by atoms with Crippen molar-refractivity contribution in [3.05, 3.63) is 132 Å². The van der Waals surface area contributed by atoms with Crippen LogP contribution in [-0.2, 0) is 32.6 Å². The summed E-state index contributed by atoms with van der Waals surface area (Å²) in [5, 5.41) is 3.21. The molecule has 0 radical (unpaired) electrons. The number of carbonyl (C=O) groups is 2. The molecule has 0 spiro atoms. The molecule has 5 rings (SSSR count). The average molecular weight is 642 g/mol. The number of amides is 2. The average Bonchev–Trinajstić information content (AvgIpc) is 3.07. The van der Waals surface area contributed by atoms with Crippen molar-refractivity contribution in [2.45, 2.75) is 69.0 Å².